The topological polar surface area (TPSA) is 48.9 Å². The highest BCUT2D eigenvalue weighted by atomic mass is 32.1. The summed E-state index contributed by atoms with van der Waals surface area (Å²) in [5, 5.41) is 6.75. The summed E-state index contributed by atoms with van der Waals surface area (Å²) >= 11 is 1.81. The third-order valence-electron chi connectivity index (χ3n) is 4.44. The molecular weight excluding hydrogens is 344 g/mol. The molecule has 0 radical (unpaired) electrons. The molecule has 0 atom stereocenters. The number of aryl methyl sites for hydroxylation is 1. The lowest BCUT2D eigenvalue weighted by Crippen LogP contribution is -2.36. The SMILES string of the molecule is CN=C(NCc1ccc(CN2CCOCC2)cc1)NCc1ccc(C)s1. The number of hydrogen-bond donors (Lipinski definition) is 2. The van der Waals surface area contributed by atoms with Gasteiger partial charge in [-0.05, 0) is 30.2 Å². The molecule has 0 bridgehead atoms. The van der Waals surface area contributed by atoms with Crippen molar-refractivity contribution >= 4 is 17.3 Å². The van der Waals surface area contributed by atoms with Gasteiger partial charge in [-0.25, -0.2) is 0 Å². The van der Waals surface area contributed by atoms with Crippen molar-refractivity contribution in [1.29, 1.82) is 0 Å². The molecule has 6 heteroatoms. The number of aliphatic imine (C=N–C) groups is 1. The van der Waals surface area contributed by atoms with Crippen LogP contribution in [0.2, 0.25) is 0 Å². The second-order valence-electron chi connectivity index (χ2n) is 6.50. The van der Waals surface area contributed by atoms with Crippen LogP contribution in [-0.2, 0) is 24.4 Å². The van der Waals surface area contributed by atoms with E-state index in [1.165, 1.54) is 20.9 Å². The Kier molecular flexibility index (Phi) is 7.05. The number of morpholine rings is 1. The maximum atomic E-state index is 5.40. The Labute approximate surface area is 160 Å². The smallest absolute Gasteiger partial charge is 0.191 e. The van der Waals surface area contributed by atoms with Gasteiger partial charge in [0.1, 0.15) is 0 Å². The molecule has 1 fully saturated rings. The molecule has 2 aromatic rings. The van der Waals surface area contributed by atoms with Crippen LogP contribution in [0.25, 0.3) is 0 Å². The number of hydrogen-bond acceptors (Lipinski definition) is 4. The van der Waals surface area contributed by atoms with E-state index in [2.05, 4.69) is 63.8 Å². The highest BCUT2D eigenvalue weighted by Crippen LogP contribution is 2.14. The molecule has 140 valence electrons. The molecule has 0 saturated carbocycles. The van der Waals surface area contributed by atoms with E-state index >= 15 is 0 Å². The Morgan fingerprint density at radius 3 is 2.38 bits per heavy atom. The summed E-state index contributed by atoms with van der Waals surface area (Å²) in [4.78, 5) is 9.39. The van der Waals surface area contributed by atoms with Crippen molar-refractivity contribution in [3.63, 3.8) is 0 Å². The molecule has 1 aromatic carbocycles. The van der Waals surface area contributed by atoms with Crippen LogP contribution < -0.4 is 10.6 Å². The van der Waals surface area contributed by atoms with Crippen molar-refractivity contribution in [3.05, 3.63) is 57.3 Å². The van der Waals surface area contributed by atoms with E-state index in [9.17, 15) is 0 Å². The fraction of sp³-hybridized carbons (Fsp3) is 0.450. The van der Waals surface area contributed by atoms with E-state index in [-0.39, 0.29) is 0 Å². The number of guanidine groups is 1. The fourth-order valence-electron chi connectivity index (χ4n) is 2.94. The molecule has 3 rings (SSSR count). The molecule has 26 heavy (non-hydrogen) atoms. The third-order valence-corrected chi connectivity index (χ3v) is 5.44. The number of ether oxygens (including phenoxy) is 1. The lowest BCUT2D eigenvalue weighted by Gasteiger charge is -2.26. The Bertz CT molecular complexity index is 705. The van der Waals surface area contributed by atoms with Crippen molar-refractivity contribution in [2.45, 2.75) is 26.6 Å². The zero-order valence-corrected chi connectivity index (χ0v) is 16.4. The van der Waals surface area contributed by atoms with E-state index in [4.69, 9.17) is 4.74 Å². The predicted molar refractivity (Wildman–Crippen MR) is 109 cm³/mol. The average molecular weight is 373 g/mol. The minimum Gasteiger partial charge on any atom is -0.379 e. The second-order valence-corrected chi connectivity index (χ2v) is 7.87. The number of rotatable bonds is 6. The Morgan fingerprint density at radius 1 is 1.04 bits per heavy atom. The molecule has 5 nitrogen and oxygen atoms in total. The van der Waals surface area contributed by atoms with Crippen molar-refractivity contribution in [2.24, 2.45) is 4.99 Å². The number of thiophene rings is 1. The Hall–Kier alpha value is -1.89. The van der Waals surface area contributed by atoms with Gasteiger partial charge in [-0.3, -0.25) is 9.89 Å². The first-order valence-electron chi connectivity index (χ1n) is 9.10. The van der Waals surface area contributed by atoms with E-state index in [0.29, 0.717) is 0 Å². The molecule has 1 aromatic heterocycles. The predicted octanol–water partition coefficient (Wildman–Crippen LogP) is 2.75. The van der Waals surface area contributed by atoms with Gasteiger partial charge in [0.15, 0.2) is 5.96 Å². The summed E-state index contributed by atoms with van der Waals surface area (Å²) in [7, 11) is 1.81. The highest BCUT2D eigenvalue weighted by molar-refractivity contribution is 7.11. The normalized spacial score (nSPS) is 15.8. The van der Waals surface area contributed by atoms with Gasteiger partial charge < -0.3 is 15.4 Å². The van der Waals surface area contributed by atoms with E-state index in [1.807, 2.05) is 11.3 Å². The quantitative estimate of drug-likeness (QED) is 0.605. The van der Waals surface area contributed by atoms with Crippen molar-refractivity contribution in [1.82, 2.24) is 15.5 Å². The standard InChI is InChI=1S/C20H28N4OS/c1-16-3-8-19(26-16)14-23-20(21-2)22-13-17-4-6-18(7-5-17)15-24-9-11-25-12-10-24/h3-8H,9-15H2,1-2H3,(H2,21,22,23). The first kappa shape index (κ1) is 18.9. The van der Waals surface area contributed by atoms with Gasteiger partial charge >= 0.3 is 0 Å². The zero-order chi connectivity index (χ0) is 18.2. The molecule has 0 aliphatic carbocycles. The molecule has 0 amide bonds. The van der Waals surface area contributed by atoms with Gasteiger partial charge in [0, 0.05) is 43.0 Å². The summed E-state index contributed by atoms with van der Waals surface area (Å²) in [5.41, 5.74) is 2.61. The monoisotopic (exact) mass is 372 g/mol. The Balaban J connectivity index is 1.44. The van der Waals surface area contributed by atoms with Crippen molar-refractivity contribution in [3.8, 4) is 0 Å². The van der Waals surface area contributed by atoms with E-state index < -0.39 is 0 Å². The maximum Gasteiger partial charge on any atom is 0.191 e. The minimum absolute atomic E-state index is 0.765. The van der Waals surface area contributed by atoms with Crippen LogP contribution in [0.3, 0.4) is 0 Å². The Morgan fingerprint density at radius 2 is 1.73 bits per heavy atom. The first-order chi connectivity index (χ1) is 12.7. The van der Waals surface area contributed by atoms with Gasteiger partial charge in [0.25, 0.3) is 0 Å². The van der Waals surface area contributed by atoms with Gasteiger partial charge in [-0.2, -0.15) is 0 Å². The van der Waals surface area contributed by atoms with E-state index in [0.717, 1.165) is 51.9 Å². The third kappa shape index (κ3) is 5.83. The van der Waals surface area contributed by atoms with Crippen molar-refractivity contribution < 1.29 is 4.74 Å². The van der Waals surface area contributed by atoms with Crippen LogP contribution in [0.4, 0.5) is 0 Å². The van der Waals surface area contributed by atoms with Gasteiger partial charge in [-0.15, -0.1) is 11.3 Å². The first-order valence-corrected chi connectivity index (χ1v) is 9.92. The number of benzene rings is 1. The summed E-state index contributed by atoms with van der Waals surface area (Å²) in [6, 6.07) is 13.1. The zero-order valence-electron chi connectivity index (χ0n) is 15.6. The largest absolute Gasteiger partial charge is 0.379 e. The van der Waals surface area contributed by atoms with Crippen LogP contribution in [0.5, 0.6) is 0 Å². The molecule has 1 aliphatic heterocycles. The van der Waals surface area contributed by atoms with Gasteiger partial charge in [0.2, 0.25) is 0 Å². The van der Waals surface area contributed by atoms with Crippen LogP contribution in [0, 0.1) is 6.92 Å². The molecule has 1 aliphatic rings. The summed E-state index contributed by atoms with van der Waals surface area (Å²) in [5.74, 6) is 0.827. The van der Waals surface area contributed by atoms with Gasteiger partial charge in [-0.1, -0.05) is 24.3 Å². The molecular formula is C20H28N4OS. The molecule has 0 spiro atoms. The minimum atomic E-state index is 0.765. The van der Waals surface area contributed by atoms with Crippen LogP contribution in [-0.4, -0.2) is 44.2 Å². The number of nitrogens with one attached hydrogen (secondary N) is 2. The molecule has 2 heterocycles. The van der Waals surface area contributed by atoms with E-state index in [1.54, 1.807) is 7.05 Å². The summed E-state index contributed by atoms with van der Waals surface area (Å²) < 4.78 is 5.40. The maximum absolute atomic E-state index is 5.40. The fourth-order valence-corrected chi connectivity index (χ4v) is 3.77. The molecule has 0 unspecified atom stereocenters. The van der Waals surface area contributed by atoms with Crippen LogP contribution in [0.1, 0.15) is 20.9 Å². The second kappa shape index (κ2) is 9.71. The summed E-state index contributed by atoms with van der Waals surface area (Å²) in [6.45, 7) is 8.44. The lowest BCUT2D eigenvalue weighted by atomic mass is 10.1. The molecule has 2 N–H and O–H groups in total. The highest BCUT2D eigenvalue weighted by Gasteiger charge is 2.10. The van der Waals surface area contributed by atoms with Crippen molar-refractivity contribution in [2.75, 3.05) is 33.4 Å². The average Bonchev–Trinajstić information content (AvgIpc) is 3.09. The lowest BCUT2D eigenvalue weighted by molar-refractivity contribution is 0.0342. The molecule has 1 saturated heterocycles. The van der Waals surface area contributed by atoms with Gasteiger partial charge in [0.05, 0.1) is 19.8 Å². The summed E-state index contributed by atoms with van der Waals surface area (Å²) in [6.07, 6.45) is 0. The van der Waals surface area contributed by atoms with Crippen LogP contribution >= 0.6 is 11.3 Å². The van der Waals surface area contributed by atoms with Crippen LogP contribution in [0.15, 0.2) is 41.4 Å². The number of nitrogens with zero attached hydrogens (tertiary/aromatic N) is 2.